The van der Waals surface area contributed by atoms with Crippen LogP contribution in [0.15, 0.2) is 18.2 Å². The topological polar surface area (TPSA) is 66.8 Å². The van der Waals surface area contributed by atoms with Gasteiger partial charge in [-0.05, 0) is 56.4 Å². The standard InChI is InChI=1S/C17H23NO4/c1-12-9-13(2)11-14(10-12)22-8-4-6-16(19)18-7-3-5-15(18)17(20)21/h9-11,15H,3-8H2,1-2H3,(H,20,21). The second-order valence-corrected chi connectivity index (χ2v) is 5.86. The molecule has 1 amide bonds. The number of amides is 1. The lowest BCUT2D eigenvalue weighted by molar-refractivity contribution is -0.148. The second kappa shape index (κ2) is 7.29. The third kappa shape index (κ3) is 4.23. The third-order valence-electron chi connectivity index (χ3n) is 3.86. The van der Waals surface area contributed by atoms with E-state index in [0.717, 1.165) is 23.3 Å². The maximum atomic E-state index is 12.1. The van der Waals surface area contributed by atoms with Gasteiger partial charge in [-0.15, -0.1) is 0 Å². The predicted octanol–water partition coefficient (Wildman–Crippen LogP) is 2.54. The molecule has 0 radical (unpaired) electrons. The molecular weight excluding hydrogens is 282 g/mol. The number of hydrogen-bond acceptors (Lipinski definition) is 3. The maximum absolute atomic E-state index is 12.1. The van der Waals surface area contributed by atoms with Crippen LogP contribution in [0.25, 0.3) is 0 Å². The van der Waals surface area contributed by atoms with E-state index in [1.54, 1.807) is 0 Å². The third-order valence-corrected chi connectivity index (χ3v) is 3.86. The van der Waals surface area contributed by atoms with E-state index in [1.807, 2.05) is 26.0 Å². The Kier molecular flexibility index (Phi) is 5.41. The van der Waals surface area contributed by atoms with Gasteiger partial charge in [0.2, 0.25) is 5.91 Å². The van der Waals surface area contributed by atoms with Gasteiger partial charge in [0.15, 0.2) is 0 Å². The van der Waals surface area contributed by atoms with Crippen LogP contribution in [0.5, 0.6) is 5.75 Å². The Morgan fingerprint density at radius 2 is 1.95 bits per heavy atom. The van der Waals surface area contributed by atoms with Gasteiger partial charge < -0.3 is 14.7 Å². The lowest BCUT2D eigenvalue weighted by Crippen LogP contribution is -2.40. The lowest BCUT2D eigenvalue weighted by Gasteiger charge is -2.21. The van der Waals surface area contributed by atoms with Crippen LogP contribution in [0.1, 0.15) is 36.8 Å². The fourth-order valence-electron chi connectivity index (χ4n) is 2.90. The average Bonchev–Trinajstić information content (AvgIpc) is 2.92. The van der Waals surface area contributed by atoms with E-state index in [0.29, 0.717) is 32.4 Å². The normalized spacial score (nSPS) is 17.5. The first-order chi connectivity index (χ1) is 10.5. The van der Waals surface area contributed by atoms with Crippen LogP contribution in [0.3, 0.4) is 0 Å². The highest BCUT2D eigenvalue weighted by Crippen LogP contribution is 2.19. The van der Waals surface area contributed by atoms with Crippen molar-refractivity contribution in [3.63, 3.8) is 0 Å². The highest BCUT2D eigenvalue weighted by Gasteiger charge is 2.33. The fraction of sp³-hybridized carbons (Fsp3) is 0.529. The van der Waals surface area contributed by atoms with Gasteiger partial charge in [0.1, 0.15) is 11.8 Å². The number of nitrogens with zero attached hydrogens (tertiary/aromatic N) is 1. The van der Waals surface area contributed by atoms with Crippen molar-refractivity contribution in [1.29, 1.82) is 0 Å². The van der Waals surface area contributed by atoms with Crippen molar-refractivity contribution >= 4 is 11.9 Å². The Morgan fingerprint density at radius 1 is 1.27 bits per heavy atom. The van der Waals surface area contributed by atoms with Gasteiger partial charge >= 0.3 is 5.97 Å². The molecule has 5 heteroatoms. The van der Waals surface area contributed by atoms with Crippen molar-refractivity contribution in [3.8, 4) is 5.75 Å². The summed E-state index contributed by atoms with van der Waals surface area (Å²) >= 11 is 0. The summed E-state index contributed by atoms with van der Waals surface area (Å²) in [7, 11) is 0. The van der Waals surface area contributed by atoms with Gasteiger partial charge in [0.05, 0.1) is 6.61 Å². The van der Waals surface area contributed by atoms with E-state index in [-0.39, 0.29) is 5.91 Å². The monoisotopic (exact) mass is 305 g/mol. The maximum Gasteiger partial charge on any atom is 0.326 e. The number of benzene rings is 1. The predicted molar refractivity (Wildman–Crippen MR) is 83.0 cm³/mol. The van der Waals surface area contributed by atoms with Crippen molar-refractivity contribution in [1.82, 2.24) is 4.90 Å². The lowest BCUT2D eigenvalue weighted by atomic mass is 10.1. The zero-order valence-electron chi connectivity index (χ0n) is 13.2. The van der Waals surface area contributed by atoms with E-state index in [2.05, 4.69) is 6.07 Å². The Balaban J connectivity index is 1.76. The SMILES string of the molecule is Cc1cc(C)cc(OCCCC(=O)N2CCCC2C(=O)O)c1. The quantitative estimate of drug-likeness (QED) is 0.820. The molecule has 1 aliphatic rings. The van der Waals surface area contributed by atoms with Gasteiger partial charge in [-0.1, -0.05) is 6.07 Å². The molecule has 1 saturated heterocycles. The molecule has 0 saturated carbocycles. The minimum atomic E-state index is -0.905. The summed E-state index contributed by atoms with van der Waals surface area (Å²) in [6.07, 6.45) is 2.24. The summed E-state index contributed by atoms with van der Waals surface area (Å²) < 4.78 is 5.67. The minimum Gasteiger partial charge on any atom is -0.494 e. The molecule has 0 aliphatic carbocycles. The molecule has 22 heavy (non-hydrogen) atoms. The molecule has 1 atom stereocenters. The van der Waals surface area contributed by atoms with E-state index >= 15 is 0 Å². The van der Waals surface area contributed by atoms with E-state index in [4.69, 9.17) is 9.84 Å². The molecule has 1 aromatic rings. The first-order valence-electron chi connectivity index (χ1n) is 7.71. The molecule has 0 spiro atoms. The van der Waals surface area contributed by atoms with Crippen LogP contribution in [0.4, 0.5) is 0 Å². The molecule has 0 aromatic heterocycles. The fourth-order valence-corrected chi connectivity index (χ4v) is 2.90. The van der Waals surface area contributed by atoms with Crippen molar-refractivity contribution in [3.05, 3.63) is 29.3 Å². The summed E-state index contributed by atoms with van der Waals surface area (Å²) in [5.41, 5.74) is 2.29. The van der Waals surface area contributed by atoms with Crippen molar-refractivity contribution < 1.29 is 19.4 Å². The summed E-state index contributed by atoms with van der Waals surface area (Å²) in [6.45, 7) is 5.04. The Hall–Kier alpha value is -2.04. The number of carbonyl (C=O) groups is 2. The molecule has 1 heterocycles. The minimum absolute atomic E-state index is 0.0890. The summed E-state index contributed by atoms with van der Waals surface area (Å²) in [6, 6.07) is 5.37. The molecule has 120 valence electrons. The molecule has 1 unspecified atom stereocenters. The molecular formula is C17H23NO4. The number of likely N-dealkylation sites (tertiary alicyclic amines) is 1. The van der Waals surface area contributed by atoms with E-state index in [1.165, 1.54) is 4.90 Å². The number of hydrogen-bond donors (Lipinski definition) is 1. The zero-order chi connectivity index (χ0) is 16.1. The van der Waals surface area contributed by atoms with Crippen LogP contribution < -0.4 is 4.74 Å². The molecule has 0 bridgehead atoms. The largest absolute Gasteiger partial charge is 0.494 e. The van der Waals surface area contributed by atoms with Crippen LogP contribution in [-0.4, -0.2) is 41.1 Å². The van der Waals surface area contributed by atoms with Crippen LogP contribution in [0, 0.1) is 13.8 Å². The van der Waals surface area contributed by atoms with Crippen LogP contribution in [0.2, 0.25) is 0 Å². The Morgan fingerprint density at radius 3 is 2.59 bits per heavy atom. The first kappa shape index (κ1) is 16.3. The van der Waals surface area contributed by atoms with Crippen LogP contribution in [-0.2, 0) is 9.59 Å². The molecule has 1 aromatic carbocycles. The molecule has 1 N–H and O–H groups in total. The number of rotatable bonds is 6. The number of carboxylic acids is 1. The van der Waals surface area contributed by atoms with Gasteiger partial charge in [-0.3, -0.25) is 4.79 Å². The Bertz CT molecular complexity index is 535. The van der Waals surface area contributed by atoms with Gasteiger partial charge in [-0.2, -0.15) is 0 Å². The average molecular weight is 305 g/mol. The van der Waals surface area contributed by atoms with Gasteiger partial charge in [0.25, 0.3) is 0 Å². The van der Waals surface area contributed by atoms with Crippen molar-refractivity contribution in [2.45, 2.75) is 45.6 Å². The highest BCUT2D eigenvalue weighted by molar-refractivity contribution is 5.84. The second-order valence-electron chi connectivity index (χ2n) is 5.86. The molecule has 2 rings (SSSR count). The zero-order valence-corrected chi connectivity index (χ0v) is 13.2. The first-order valence-corrected chi connectivity index (χ1v) is 7.71. The molecule has 5 nitrogen and oxygen atoms in total. The Labute approximate surface area is 130 Å². The highest BCUT2D eigenvalue weighted by atomic mass is 16.5. The van der Waals surface area contributed by atoms with Gasteiger partial charge in [0, 0.05) is 13.0 Å². The van der Waals surface area contributed by atoms with E-state index < -0.39 is 12.0 Å². The van der Waals surface area contributed by atoms with Gasteiger partial charge in [-0.25, -0.2) is 4.79 Å². The number of carboxylic acid groups (broad SMARTS) is 1. The van der Waals surface area contributed by atoms with Crippen molar-refractivity contribution in [2.24, 2.45) is 0 Å². The summed E-state index contributed by atoms with van der Waals surface area (Å²) in [5, 5.41) is 9.09. The number of aliphatic carboxylic acids is 1. The van der Waals surface area contributed by atoms with Crippen molar-refractivity contribution in [2.75, 3.05) is 13.2 Å². The number of ether oxygens (including phenoxy) is 1. The summed E-state index contributed by atoms with van der Waals surface area (Å²) in [4.78, 5) is 24.6. The molecule has 1 aliphatic heterocycles. The summed E-state index contributed by atoms with van der Waals surface area (Å²) in [5.74, 6) is -0.180. The smallest absolute Gasteiger partial charge is 0.326 e. The number of aryl methyl sites for hydroxylation is 2. The van der Waals surface area contributed by atoms with E-state index in [9.17, 15) is 9.59 Å². The van der Waals surface area contributed by atoms with Crippen LogP contribution >= 0.6 is 0 Å². The number of carbonyl (C=O) groups excluding carboxylic acids is 1. The molecule has 1 fully saturated rings.